The minimum atomic E-state index is -0.334. The minimum absolute atomic E-state index is 0.0195. The van der Waals surface area contributed by atoms with Crippen molar-refractivity contribution in [2.75, 3.05) is 6.61 Å². The topological polar surface area (TPSA) is 34.1 Å². The molecule has 1 N–H and O–H groups in total. The van der Waals surface area contributed by atoms with Crippen molar-refractivity contribution in [2.24, 2.45) is 0 Å². The molecule has 1 rings (SSSR count). The van der Waals surface area contributed by atoms with Crippen LogP contribution < -0.4 is 10.1 Å². The summed E-state index contributed by atoms with van der Waals surface area (Å²) in [6, 6.07) is 1.47. The zero-order valence-electron chi connectivity index (χ0n) is 11.0. The number of rotatable bonds is 5. The van der Waals surface area contributed by atoms with Crippen LogP contribution in [0.5, 0.6) is 5.88 Å². The van der Waals surface area contributed by atoms with Gasteiger partial charge in [0.25, 0.3) is 0 Å². The average Bonchev–Trinajstić information content (AvgIpc) is 2.24. The molecule has 1 heterocycles. The normalized spacial score (nSPS) is 11.6. The smallest absolute Gasteiger partial charge is 0.218 e. The van der Waals surface area contributed by atoms with Crippen molar-refractivity contribution in [1.82, 2.24) is 10.3 Å². The molecule has 17 heavy (non-hydrogen) atoms. The molecule has 1 aromatic rings. The second kappa shape index (κ2) is 5.96. The first-order valence-electron chi connectivity index (χ1n) is 5.94. The maximum atomic E-state index is 13.1. The summed E-state index contributed by atoms with van der Waals surface area (Å²) in [5.74, 6) is 0.185. The molecule has 3 nitrogen and oxygen atoms in total. The first-order chi connectivity index (χ1) is 7.92. The molecule has 0 saturated heterocycles. The van der Waals surface area contributed by atoms with E-state index in [1.165, 1.54) is 12.3 Å². The Morgan fingerprint density at radius 1 is 1.41 bits per heavy atom. The van der Waals surface area contributed by atoms with E-state index < -0.39 is 0 Å². The van der Waals surface area contributed by atoms with E-state index in [0.717, 1.165) is 12.0 Å². The number of ether oxygens (including phenoxy) is 1. The van der Waals surface area contributed by atoms with Gasteiger partial charge in [-0.3, -0.25) is 0 Å². The highest BCUT2D eigenvalue weighted by molar-refractivity contribution is 5.26. The third kappa shape index (κ3) is 5.13. The Kier molecular flexibility index (Phi) is 4.87. The first-order valence-corrected chi connectivity index (χ1v) is 5.94. The molecular formula is C13H21FN2O. The second-order valence-corrected chi connectivity index (χ2v) is 5.07. The van der Waals surface area contributed by atoms with Gasteiger partial charge in [0.2, 0.25) is 5.88 Å². The van der Waals surface area contributed by atoms with Crippen LogP contribution in [0.2, 0.25) is 0 Å². The molecule has 0 aliphatic heterocycles. The number of hydrogen-bond donors (Lipinski definition) is 1. The molecule has 0 amide bonds. The predicted molar refractivity (Wildman–Crippen MR) is 66.6 cm³/mol. The number of aromatic nitrogens is 1. The lowest BCUT2D eigenvalue weighted by atomic mass is 10.1. The Bertz CT molecular complexity index is 361. The molecule has 0 spiro atoms. The van der Waals surface area contributed by atoms with Crippen LogP contribution in [0.15, 0.2) is 12.3 Å². The van der Waals surface area contributed by atoms with Gasteiger partial charge in [-0.25, -0.2) is 9.37 Å². The number of pyridine rings is 1. The summed E-state index contributed by atoms with van der Waals surface area (Å²) in [6.07, 6.45) is 2.09. The summed E-state index contributed by atoms with van der Waals surface area (Å²) in [5.41, 5.74) is 0.738. The van der Waals surface area contributed by atoms with Crippen LogP contribution in [-0.2, 0) is 6.54 Å². The Hall–Kier alpha value is -1.16. The van der Waals surface area contributed by atoms with Gasteiger partial charge >= 0.3 is 0 Å². The van der Waals surface area contributed by atoms with E-state index in [-0.39, 0.29) is 11.4 Å². The molecule has 0 aliphatic rings. The van der Waals surface area contributed by atoms with Crippen LogP contribution in [0.1, 0.15) is 39.7 Å². The predicted octanol–water partition coefficient (Wildman–Crippen LogP) is 2.90. The summed E-state index contributed by atoms with van der Waals surface area (Å²) >= 11 is 0. The Morgan fingerprint density at radius 2 is 2.12 bits per heavy atom. The van der Waals surface area contributed by atoms with Gasteiger partial charge in [-0.2, -0.15) is 0 Å². The van der Waals surface area contributed by atoms with Gasteiger partial charge in [0, 0.05) is 17.6 Å². The summed E-state index contributed by atoms with van der Waals surface area (Å²) in [4.78, 5) is 3.98. The van der Waals surface area contributed by atoms with E-state index in [1.807, 2.05) is 6.92 Å². The number of hydrogen-bond acceptors (Lipinski definition) is 3. The lowest BCUT2D eigenvalue weighted by molar-refractivity contribution is 0.297. The lowest BCUT2D eigenvalue weighted by Crippen LogP contribution is -2.35. The zero-order chi connectivity index (χ0) is 12.9. The molecule has 1 aromatic heterocycles. The van der Waals surface area contributed by atoms with Gasteiger partial charge in [-0.1, -0.05) is 6.92 Å². The Morgan fingerprint density at radius 3 is 2.71 bits per heavy atom. The summed E-state index contributed by atoms with van der Waals surface area (Å²) in [7, 11) is 0. The van der Waals surface area contributed by atoms with Crippen molar-refractivity contribution < 1.29 is 9.13 Å². The molecule has 4 heteroatoms. The van der Waals surface area contributed by atoms with Crippen molar-refractivity contribution in [3.8, 4) is 5.88 Å². The van der Waals surface area contributed by atoms with Crippen molar-refractivity contribution >= 4 is 0 Å². The van der Waals surface area contributed by atoms with Gasteiger partial charge in [-0.15, -0.1) is 0 Å². The van der Waals surface area contributed by atoms with Crippen molar-refractivity contribution in [3.05, 3.63) is 23.6 Å². The van der Waals surface area contributed by atoms with Gasteiger partial charge in [-0.05, 0) is 33.3 Å². The lowest BCUT2D eigenvalue weighted by Gasteiger charge is -2.21. The molecule has 0 aromatic carbocycles. The van der Waals surface area contributed by atoms with Crippen LogP contribution >= 0.6 is 0 Å². The summed E-state index contributed by atoms with van der Waals surface area (Å²) < 4.78 is 18.6. The van der Waals surface area contributed by atoms with Crippen LogP contribution in [0.4, 0.5) is 4.39 Å². The van der Waals surface area contributed by atoms with Crippen molar-refractivity contribution in [1.29, 1.82) is 0 Å². The molecule has 0 unspecified atom stereocenters. The van der Waals surface area contributed by atoms with Gasteiger partial charge in [0.1, 0.15) is 5.82 Å². The Balaban J connectivity index is 2.76. The van der Waals surface area contributed by atoms with Gasteiger partial charge < -0.3 is 10.1 Å². The molecule has 96 valence electrons. The van der Waals surface area contributed by atoms with Crippen LogP contribution in [0.25, 0.3) is 0 Å². The van der Waals surface area contributed by atoms with Gasteiger partial charge in [0.05, 0.1) is 12.8 Å². The fraction of sp³-hybridized carbons (Fsp3) is 0.615. The van der Waals surface area contributed by atoms with Crippen LogP contribution in [0.3, 0.4) is 0 Å². The van der Waals surface area contributed by atoms with Crippen molar-refractivity contribution in [3.63, 3.8) is 0 Å². The third-order valence-electron chi connectivity index (χ3n) is 2.14. The van der Waals surface area contributed by atoms with Crippen LogP contribution in [-0.4, -0.2) is 17.1 Å². The van der Waals surface area contributed by atoms with Crippen LogP contribution in [0, 0.1) is 5.82 Å². The van der Waals surface area contributed by atoms with Gasteiger partial charge in [0.15, 0.2) is 0 Å². The molecule has 0 aliphatic carbocycles. The summed E-state index contributed by atoms with van der Waals surface area (Å²) in [6.45, 7) is 9.36. The second-order valence-electron chi connectivity index (χ2n) is 5.07. The zero-order valence-corrected chi connectivity index (χ0v) is 11.0. The van der Waals surface area contributed by atoms with E-state index in [9.17, 15) is 4.39 Å². The van der Waals surface area contributed by atoms with Crippen molar-refractivity contribution in [2.45, 2.75) is 46.2 Å². The minimum Gasteiger partial charge on any atom is -0.477 e. The largest absolute Gasteiger partial charge is 0.477 e. The quantitative estimate of drug-likeness (QED) is 0.859. The fourth-order valence-electron chi connectivity index (χ4n) is 1.28. The molecule has 0 saturated carbocycles. The van der Waals surface area contributed by atoms with E-state index in [2.05, 4.69) is 31.1 Å². The first kappa shape index (κ1) is 13.9. The molecule has 0 radical (unpaired) electrons. The van der Waals surface area contributed by atoms with E-state index >= 15 is 0 Å². The Labute approximate surface area is 102 Å². The SMILES string of the molecule is CCCOc1ncc(F)cc1CNC(C)(C)C. The standard InChI is InChI=1S/C13H21FN2O/c1-5-6-17-12-10(7-11(14)9-15-12)8-16-13(2,3)4/h7,9,16H,5-6,8H2,1-4H3. The average molecular weight is 240 g/mol. The molecular weight excluding hydrogens is 219 g/mol. The number of nitrogens with one attached hydrogen (secondary N) is 1. The number of halogens is 1. The third-order valence-corrected chi connectivity index (χ3v) is 2.14. The van der Waals surface area contributed by atoms with E-state index in [0.29, 0.717) is 19.0 Å². The molecule has 0 atom stereocenters. The maximum absolute atomic E-state index is 13.1. The molecule has 0 bridgehead atoms. The summed E-state index contributed by atoms with van der Waals surface area (Å²) in [5, 5.41) is 3.30. The highest BCUT2D eigenvalue weighted by Crippen LogP contribution is 2.17. The highest BCUT2D eigenvalue weighted by Gasteiger charge is 2.12. The maximum Gasteiger partial charge on any atom is 0.218 e. The monoisotopic (exact) mass is 240 g/mol. The highest BCUT2D eigenvalue weighted by atomic mass is 19.1. The fourth-order valence-corrected chi connectivity index (χ4v) is 1.28. The van der Waals surface area contributed by atoms with E-state index in [1.54, 1.807) is 0 Å². The number of nitrogens with zero attached hydrogens (tertiary/aromatic N) is 1. The molecule has 0 fully saturated rings. The van der Waals surface area contributed by atoms with E-state index in [4.69, 9.17) is 4.74 Å².